The van der Waals surface area contributed by atoms with Crippen LogP contribution in [-0.4, -0.2) is 36.3 Å². The van der Waals surface area contributed by atoms with Gasteiger partial charge in [-0.1, -0.05) is 24.6 Å². The van der Waals surface area contributed by atoms with Gasteiger partial charge in [-0.25, -0.2) is 4.79 Å². The third-order valence-electron chi connectivity index (χ3n) is 3.86. The molecule has 0 saturated heterocycles. The number of hydrogen-bond donors (Lipinski definition) is 2. The van der Waals surface area contributed by atoms with E-state index in [1.54, 1.807) is 13.0 Å². The van der Waals surface area contributed by atoms with Crippen molar-refractivity contribution in [2.75, 3.05) is 6.61 Å². The van der Waals surface area contributed by atoms with E-state index in [1.807, 2.05) is 32.9 Å². The minimum atomic E-state index is -0.722. The van der Waals surface area contributed by atoms with Gasteiger partial charge in [0, 0.05) is 18.0 Å². The molecular formula is C19H26N2O5. The van der Waals surface area contributed by atoms with Crippen molar-refractivity contribution in [3.05, 3.63) is 34.9 Å². The summed E-state index contributed by atoms with van der Waals surface area (Å²) in [6.45, 7) is 6.86. The number of amides is 3. The van der Waals surface area contributed by atoms with E-state index in [2.05, 4.69) is 10.6 Å². The fourth-order valence-corrected chi connectivity index (χ4v) is 2.13. The largest absolute Gasteiger partial charge is 0.456 e. The summed E-state index contributed by atoms with van der Waals surface area (Å²) in [6, 6.07) is 4.85. The Bertz CT molecular complexity index is 685. The van der Waals surface area contributed by atoms with Crippen molar-refractivity contribution in [1.82, 2.24) is 10.6 Å². The number of esters is 1. The van der Waals surface area contributed by atoms with Crippen molar-refractivity contribution in [1.29, 1.82) is 0 Å². The zero-order valence-corrected chi connectivity index (χ0v) is 15.7. The number of rotatable bonds is 8. The SMILES string of the molecule is CC[C@H](C)NC(=O)NC(=O)COC(=O)CCC(=O)c1cc(C)ccc1C. The third-order valence-corrected chi connectivity index (χ3v) is 3.86. The number of ketones is 1. The summed E-state index contributed by atoms with van der Waals surface area (Å²) < 4.78 is 4.79. The molecule has 0 radical (unpaired) electrons. The van der Waals surface area contributed by atoms with E-state index < -0.39 is 24.5 Å². The minimum absolute atomic E-state index is 0.000747. The predicted octanol–water partition coefficient (Wildman–Crippen LogP) is 2.43. The zero-order chi connectivity index (χ0) is 19.7. The maximum Gasteiger partial charge on any atom is 0.321 e. The average Bonchev–Trinajstić information content (AvgIpc) is 2.59. The average molecular weight is 362 g/mol. The molecule has 0 heterocycles. The Labute approximate surface area is 153 Å². The second kappa shape index (κ2) is 10.3. The fraction of sp³-hybridized carbons (Fsp3) is 0.474. The molecule has 0 aromatic heterocycles. The summed E-state index contributed by atoms with van der Waals surface area (Å²) in [5, 5.41) is 4.63. The van der Waals surface area contributed by atoms with E-state index in [9.17, 15) is 19.2 Å². The molecule has 0 unspecified atom stereocenters. The van der Waals surface area contributed by atoms with Crippen LogP contribution in [0.15, 0.2) is 18.2 Å². The second-order valence-corrected chi connectivity index (χ2v) is 6.23. The van der Waals surface area contributed by atoms with Crippen LogP contribution >= 0.6 is 0 Å². The Morgan fingerprint density at radius 1 is 1.12 bits per heavy atom. The Balaban J connectivity index is 2.36. The summed E-state index contributed by atoms with van der Waals surface area (Å²) in [4.78, 5) is 46.9. The van der Waals surface area contributed by atoms with Gasteiger partial charge in [0.25, 0.3) is 5.91 Å². The van der Waals surface area contributed by atoms with Crippen molar-refractivity contribution in [3.63, 3.8) is 0 Å². The Kier molecular flexibility index (Phi) is 8.48. The number of nitrogens with one attached hydrogen (secondary N) is 2. The number of imide groups is 1. The molecule has 0 aliphatic heterocycles. The van der Waals surface area contributed by atoms with Crippen molar-refractivity contribution < 1.29 is 23.9 Å². The lowest BCUT2D eigenvalue weighted by Gasteiger charge is -2.11. The van der Waals surface area contributed by atoms with Crippen LogP contribution in [0.1, 0.15) is 54.6 Å². The number of benzene rings is 1. The molecule has 142 valence electrons. The van der Waals surface area contributed by atoms with Crippen molar-refractivity contribution in [2.24, 2.45) is 0 Å². The van der Waals surface area contributed by atoms with Crippen LogP contribution in [0.25, 0.3) is 0 Å². The highest BCUT2D eigenvalue weighted by Gasteiger charge is 2.15. The number of carbonyl (C=O) groups excluding carboxylic acids is 4. The van der Waals surface area contributed by atoms with Crippen LogP contribution in [0.3, 0.4) is 0 Å². The highest BCUT2D eigenvalue weighted by molar-refractivity contribution is 5.99. The van der Waals surface area contributed by atoms with E-state index in [4.69, 9.17) is 4.74 Å². The lowest BCUT2D eigenvalue weighted by atomic mass is 9.99. The Morgan fingerprint density at radius 2 is 1.81 bits per heavy atom. The van der Waals surface area contributed by atoms with Crippen molar-refractivity contribution >= 4 is 23.7 Å². The molecule has 0 saturated carbocycles. The van der Waals surface area contributed by atoms with Crippen LogP contribution in [0.4, 0.5) is 4.79 Å². The summed E-state index contributed by atoms with van der Waals surface area (Å²) in [5.41, 5.74) is 2.40. The molecule has 0 aliphatic carbocycles. The molecule has 0 bridgehead atoms. The normalized spacial score (nSPS) is 11.4. The smallest absolute Gasteiger partial charge is 0.321 e. The molecule has 1 rings (SSSR count). The highest BCUT2D eigenvalue weighted by atomic mass is 16.5. The minimum Gasteiger partial charge on any atom is -0.456 e. The zero-order valence-electron chi connectivity index (χ0n) is 15.7. The summed E-state index contributed by atoms with van der Waals surface area (Å²) in [6.07, 6.45) is 0.600. The van der Waals surface area contributed by atoms with Crippen LogP contribution in [0, 0.1) is 13.8 Å². The molecule has 0 spiro atoms. The molecule has 1 atom stereocenters. The maximum atomic E-state index is 12.2. The number of hydrogen-bond acceptors (Lipinski definition) is 5. The molecule has 26 heavy (non-hydrogen) atoms. The van der Waals surface area contributed by atoms with Gasteiger partial charge in [0.15, 0.2) is 12.4 Å². The van der Waals surface area contributed by atoms with Gasteiger partial charge in [0.1, 0.15) is 0 Å². The van der Waals surface area contributed by atoms with Gasteiger partial charge < -0.3 is 10.1 Å². The Morgan fingerprint density at radius 3 is 2.46 bits per heavy atom. The topological polar surface area (TPSA) is 102 Å². The van der Waals surface area contributed by atoms with Crippen LogP contribution < -0.4 is 10.6 Å². The number of urea groups is 1. The van der Waals surface area contributed by atoms with Gasteiger partial charge in [0.05, 0.1) is 6.42 Å². The number of carbonyl (C=O) groups is 4. The monoisotopic (exact) mass is 362 g/mol. The summed E-state index contributed by atoms with van der Waals surface area (Å²) >= 11 is 0. The van der Waals surface area contributed by atoms with E-state index in [-0.39, 0.29) is 24.7 Å². The molecular weight excluding hydrogens is 336 g/mol. The van der Waals surface area contributed by atoms with Gasteiger partial charge in [-0.05, 0) is 38.8 Å². The van der Waals surface area contributed by atoms with E-state index in [0.29, 0.717) is 5.56 Å². The van der Waals surface area contributed by atoms with Crippen LogP contribution in [-0.2, 0) is 14.3 Å². The molecule has 1 aromatic rings. The second-order valence-electron chi connectivity index (χ2n) is 6.23. The van der Waals surface area contributed by atoms with Gasteiger partial charge in [-0.15, -0.1) is 0 Å². The van der Waals surface area contributed by atoms with Crippen LogP contribution in [0.2, 0.25) is 0 Å². The first kappa shape index (κ1) is 21.3. The van der Waals surface area contributed by atoms with E-state index >= 15 is 0 Å². The molecule has 7 nitrogen and oxygen atoms in total. The molecule has 3 amide bonds. The predicted molar refractivity (Wildman–Crippen MR) is 96.9 cm³/mol. The quantitative estimate of drug-likeness (QED) is 0.546. The number of Topliss-reactive ketones (excluding diaryl/α,β-unsaturated/α-hetero) is 1. The summed E-state index contributed by atoms with van der Waals surface area (Å²) in [5.74, 6) is -1.54. The van der Waals surface area contributed by atoms with Crippen molar-refractivity contribution in [2.45, 2.75) is 53.0 Å². The third kappa shape index (κ3) is 7.46. The fourth-order valence-electron chi connectivity index (χ4n) is 2.13. The van der Waals surface area contributed by atoms with E-state index in [0.717, 1.165) is 17.5 Å². The van der Waals surface area contributed by atoms with Crippen LogP contribution in [0.5, 0.6) is 0 Å². The first-order chi connectivity index (χ1) is 12.2. The first-order valence-electron chi connectivity index (χ1n) is 8.59. The van der Waals surface area contributed by atoms with Crippen molar-refractivity contribution in [3.8, 4) is 0 Å². The molecule has 7 heteroatoms. The molecule has 0 fully saturated rings. The first-order valence-corrected chi connectivity index (χ1v) is 8.59. The maximum absolute atomic E-state index is 12.2. The molecule has 0 aliphatic rings. The standard InChI is InChI=1S/C19H26N2O5/c1-5-14(4)20-19(25)21-17(23)11-26-18(24)9-8-16(22)15-10-12(2)6-7-13(15)3/h6-7,10,14H,5,8-9,11H2,1-4H3,(H2,20,21,23,25)/t14-/m0/s1. The lowest BCUT2D eigenvalue weighted by Crippen LogP contribution is -2.44. The molecule has 2 N–H and O–H groups in total. The Hall–Kier alpha value is -2.70. The lowest BCUT2D eigenvalue weighted by molar-refractivity contribution is -0.148. The number of aryl methyl sites for hydroxylation is 2. The number of ether oxygens (including phenoxy) is 1. The molecule has 1 aromatic carbocycles. The van der Waals surface area contributed by atoms with Gasteiger partial charge >= 0.3 is 12.0 Å². The van der Waals surface area contributed by atoms with Gasteiger partial charge in [0.2, 0.25) is 0 Å². The highest BCUT2D eigenvalue weighted by Crippen LogP contribution is 2.14. The van der Waals surface area contributed by atoms with Gasteiger partial charge in [-0.3, -0.25) is 19.7 Å². The van der Waals surface area contributed by atoms with E-state index in [1.165, 1.54) is 0 Å². The summed E-state index contributed by atoms with van der Waals surface area (Å²) in [7, 11) is 0. The van der Waals surface area contributed by atoms with Gasteiger partial charge in [-0.2, -0.15) is 0 Å².